The zero-order chi connectivity index (χ0) is 12.6. The molecule has 3 unspecified atom stereocenters. The molecule has 3 rings (SSSR count). The monoisotopic (exact) mass is 247 g/mol. The van der Waals surface area contributed by atoms with Crippen molar-refractivity contribution in [2.75, 3.05) is 6.54 Å². The van der Waals surface area contributed by atoms with Crippen LogP contribution in [-0.4, -0.2) is 35.1 Å². The molecule has 3 heteroatoms. The number of likely N-dealkylation sites (tertiary alicyclic amines) is 1. The predicted molar refractivity (Wildman–Crippen MR) is 72.2 cm³/mol. The van der Waals surface area contributed by atoms with Gasteiger partial charge in [0, 0.05) is 18.1 Å². The quantitative estimate of drug-likeness (QED) is 0.832. The van der Waals surface area contributed by atoms with Crippen molar-refractivity contribution in [1.29, 1.82) is 5.26 Å². The van der Waals surface area contributed by atoms with Crippen LogP contribution in [0.1, 0.15) is 58.3 Å². The van der Waals surface area contributed by atoms with E-state index in [1.165, 1.54) is 45.1 Å². The van der Waals surface area contributed by atoms with E-state index in [-0.39, 0.29) is 5.54 Å². The van der Waals surface area contributed by atoms with Gasteiger partial charge in [-0.05, 0) is 58.4 Å². The van der Waals surface area contributed by atoms with Crippen LogP contribution < -0.4 is 5.32 Å². The maximum Gasteiger partial charge on any atom is 0.108 e. The Hall–Kier alpha value is -0.590. The minimum absolute atomic E-state index is 0.205. The molecule has 1 N–H and O–H groups in total. The lowest BCUT2D eigenvalue weighted by molar-refractivity contribution is 0.104. The van der Waals surface area contributed by atoms with E-state index in [2.05, 4.69) is 23.2 Å². The van der Waals surface area contributed by atoms with Crippen molar-refractivity contribution in [3.8, 4) is 6.07 Å². The summed E-state index contributed by atoms with van der Waals surface area (Å²) in [5.41, 5.74) is -0.205. The molecule has 1 saturated heterocycles. The molecule has 0 bridgehead atoms. The van der Waals surface area contributed by atoms with E-state index >= 15 is 0 Å². The summed E-state index contributed by atoms with van der Waals surface area (Å²) in [5, 5.41) is 13.2. The van der Waals surface area contributed by atoms with Crippen LogP contribution in [0.25, 0.3) is 0 Å². The smallest absolute Gasteiger partial charge is 0.108 e. The van der Waals surface area contributed by atoms with Gasteiger partial charge in [-0.3, -0.25) is 10.2 Å². The van der Waals surface area contributed by atoms with Crippen molar-refractivity contribution in [3.63, 3.8) is 0 Å². The molecule has 3 nitrogen and oxygen atoms in total. The molecule has 100 valence electrons. The Labute approximate surface area is 111 Å². The minimum atomic E-state index is -0.205. The lowest BCUT2D eigenvalue weighted by Gasteiger charge is -2.38. The highest BCUT2D eigenvalue weighted by Gasteiger charge is 2.45. The van der Waals surface area contributed by atoms with Crippen LogP contribution in [-0.2, 0) is 0 Å². The van der Waals surface area contributed by atoms with Crippen molar-refractivity contribution in [2.45, 2.75) is 82.0 Å². The van der Waals surface area contributed by atoms with E-state index in [1.807, 2.05) is 0 Å². The highest BCUT2D eigenvalue weighted by Crippen LogP contribution is 2.37. The zero-order valence-electron chi connectivity index (χ0n) is 11.5. The Morgan fingerprint density at radius 1 is 1.22 bits per heavy atom. The van der Waals surface area contributed by atoms with Gasteiger partial charge in [0.15, 0.2) is 0 Å². The second-order valence-corrected chi connectivity index (χ2v) is 6.59. The van der Waals surface area contributed by atoms with Crippen LogP contribution in [0.4, 0.5) is 0 Å². The molecule has 0 radical (unpaired) electrons. The molecule has 18 heavy (non-hydrogen) atoms. The molecule has 2 aliphatic carbocycles. The fraction of sp³-hybridized carbons (Fsp3) is 0.933. The predicted octanol–water partition coefficient (Wildman–Crippen LogP) is 2.43. The second-order valence-electron chi connectivity index (χ2n) is 6.59. The molecule has 3 atom stereocenters. The average molecular weight is 247 g/mol. The summed E-state index contributed by atoms with van der Waals surface area (Å²) >= 11 is 0. The summed E-state index contributed by atoms with van der Waals surface area (Å²) in [6.45, 7) is 3.61. The molecule has 0 aromatic carbocycles. The molecular weight excluding hydrogens is 222 g/mol. The first-order valence-corrected chi connectivity index (χ1v) is 7.67. The van der Waals surface area contributed by atoms with E-state index in [0.29, 0.717) is 12.1 Å². The fourth-order valence-electron chi connectivity index (χ4n) is 3.85. The van der Waals surface area contributed by atoms with Gasteiger partial charge in [0.25, 0.3) is 0 Å². The van der Waals surface area contributed by atoms with Crippen LogP contribution in [0.15, 0.2) is 0 Å². The molecule has 0 aromatic rings. The first kappa shape index (κ1) is 12.4. The fourth-order valence-corrected chi connectivity index (χ4v) is 3.85. The van der Waals surface area contributed by atoms with Crippen LogP contribution in [0.5, 0.6) is 0 Å². The van der Waals surface area contributed by atoms with Crippen LogP contribution in [0, 0.1) is 11.3 Å². The summed E-state index contributed by atoms with van der Waals surface area (Å²) in [5.74, 6) is 0. The molecule has 1 heterocycles. The summed E-state index contributed by atoms with van der Waals surface area (Å²) in [4.78, 5) is 2.68. The van der Waals surface area contributed by atoms with Crippen molar-refractivity contribution < 1.29 is 0 Å². The SMILES string of the molecule is CC1CCCCN1C1CCC(C#N)(NC2CC2)C1. The van der Waals surface area contributed by atoms with Crippen LogP contribution in [0.3, 0.4) is 0 Å². The molecule has 0 aromatic heterocycles. The molecule has 0 spiro atoms. The van der Waals surface area contributed by atoms with Gasteiger partial charge in [0.2, 0.25) is 0 Å². The summed E-state index contributed by atoms with van der Waals surface area (Å²) < 4.78 is 0. The number of nitriles is 1. The van der Waals surface area contributed by atoms with E-state index in [9.17, 15) is 5.26 Å². The average Bonchev–Trinajstić information content (AvgIpc) is 3.08. The van der Waals surface area contributed by atoms with E-state index in [1.54, 1.807) is 0 Å². The van der Waals surface area contributed by atoms with Gasteiger partial charge in [0.1, 0.15) is 5.54 Å². The van der Waals surface area contributed by atoms with Gasteiger partial charge in [-0.15, -0.1) is 0 Å². The summed E-state index contributed by atoms with van der Waals surface area (Å²) in [7, 11) is 0. The van der Waals surface area contributed by atoms with Crippen LogP contribution in [0.2, 0.25) is 0 Å². The molecule has 0 amide bonds. The topological polar surface area (TPSA) is 39.1 Å². The summed E-state index contributed by atoms with van der Waals surface area (Å²) in [6, 6.07) is 4.60. The molecule has 2 saturated carbocycles. The number of hydrogen-bond donors (Lipinski definition) is 1. The first-order chi connectivity index (χ1) is 8.72. The van der Waals surface area contributed by atoms with Crippen molar-refractivity contribution in [3.05, 3.63) is 0 Å². The summed E-state index contributed by atoms with van der Waals surface area (Å²) in [6.07, 6.45) is 9.91. The van der Waals surface area contributed by atoms with E-state index < -0.39 is 0 Å². The van der Waals surface area contributed by atoms with Gasteiger partial charge in [-0.1, -0.05) is 6.42 Å². The van der Waals surface area contributed by atoms with Gasteiger partial charge in [-0.2, -0.15) is 5.26 Å². The number of rotatable bonds is 3. The molecule has 3 fully saturated rings. The Kier molecular flexibility index (Phi) is 3.34. The third-order valence-electron chi connectivity index (χ3n) is 5.08. The standard InChI is InChI=1S/C15H25N3/c1-12-4-2-3-9-18(12)14-7-8-15(10-14,11-16)17-13-5-6-13/h12-14,17H,2-10H2,1H3. The Morgan fingerprint density at radius 2 is 2.06 bits per heavy atom. The Bertz CT molecular complexity index is 344. The maximum atomic E-state index is 9.54. The molecule has 1 aliphatic heterocycles. The van der Waals surface area contributed by atoms with Crippen molar-refractivity contribution in [1.82, 2.24) is 10.2 Å². The molecule has 3 aliphatic rings. The van der Waals surface area contributed by atoms with Gasteiger partial charge >= 0.3 is 0 Å². The van der Waals surface area contributed by atoms with E-state index in [4.69, 9.17) is 0 Å². The van der Waals surface area contributed by atoms with Crippen molar-refractivity contribution in [2.24, 2.45) is 0 Å². The Morgan fingerprint density at radius 3 is 2.72 bits per heavy atom. The number of nitrogens with one attached hydrogen (secondary N) is 1. The lowest BCUT2D eigenvalue weighted by Crippen LogP contribution is -2.48. The van der Waals surface area contributed by atoms with Crippen LogP contribution >= 0.6 is 0 Å². The number of hydrogen-bond acceptors (Lipinski definition) is 3. The van der Waals surface area contributed by atoms with Gasteiger partial charge in [0.05, 0.1) is 6.07 Å². The third-order valence-corrected chi connectivity index (χ3v) is 5.08. The number of piperidine rings is 1. The van der Waals surface area contributed by atoms with Crippen molar-refractivity contribution >= 4 is 0 Å². The lowest BCUT2D eigenvalue weighted by atomic mass is 9.97. The zero-order valence-corrected chi connectivity index (χ0v) is 11.5. The number of nitrogens with zero attached hydrogens (tertiary/aromatic N) is 2. The highest BCUT2D eigenvalue weighted by molar-refractivity contribution is 5.15. The second kappa shape index (κ2) is 4.83. The Balaban J connectivity index is 1.64. The largest absolute Gasteiger partial charge is 0.298 e. The van der Waals surface area contributed by atoms with Gasteiger partial charge < -0.3 is 0 Å². The normalized spacial score (nSPS) is 41.8. The minimum Gasteiger partial charge on any atom is -0.298 e. The third kappa shape index (κ3) is 2.41. The maximum absolute atomic E-state index is 9.54. The van der Waals surface area contributed by atoms with E-state index in [0.717, 1.165) is 18.9 Å². The highest BCUT2D eigenvalue weighted by atomic mass is 15.2. The molecular formula is C15H25N3. The van der Waals surface area contributed by atoms with Gasteiger partial charge in [-0.25, -0.2) is 0 Å². The first-order valence-electron chi connectivity index (χ1n) is 7.67.